The molecule has 2 fully saturated rings. The van der Waals surface area contributed by atoms with Crippen molar-refractivity contribution in [2.24, 2.45) is 5.41 Å². The van der Waals surface area contributed by atoms with Crippen LogP contribution in [0.2, 0.25) is 0 Å². The Bertz CT molecular complexity index is 1440. The first-order valence-corrected chi connectivity index (χ1v) is 11.7. The highest BCUT2D eigenvalue weighted by Gasteiger charge is 2.66. The number of rotatable bonds is 4. The Balaban J connectivity index is 1.43. The Labute approximate surface area is 214 Å². The summed E-state index contributed by atoms with van der Waals surface area (Å²) < 4.78 is 43.7. The Kier molecular flexibility index (Phi) is 5.96. The number of nitrogens with one attached hydrogen (secondary N) is 1. The topological polar surface area (TPSA) is 121 Å². The van der Waals surface area contributed by atoms with E-state index in [0.717, 1.165) is 16.3 Å². The zero-order valence-corrected chi connectivity index (χ0v) is 20.7. The Morgan fingerprint density at radius 3 is 2.58 bits per heavy atom. The second-order valence-corrected chi connectivity index (χ2v) is 9.51. The van der Waals surface area contributed by atoms with Gasteiger partial charge in [0.05, 0.1) is 11.3 Å². The van der Waals surface area contributed by atoms with E-state index in [1.165, 1.54) is 30.4 Å². The van der Waals surface area contributed by atoms with Gasteiger partial charge in [-0.2, -0.15) is 13.2 Å². The molecule has 1 N–H and O–H groups in total. The van der Waals surface area contributed by atoms with E-state index < -0.39 is 35.6 Å². The quantitative estimate of drug-likeness (QED) is 0.517. The summed E-state index contributed by atoms with van der Waals surface area (Å²) in [4.78, 5) is 56.2. The number of esters is 1. The first-order valence-electron chi connectivity index (χ1n) is 11.7. The molecule has 5 heterocycles. The van der Waals surface area contributed by atoms with Gasteiger partial charge >= 0.3 is 12.1 Å². The normalized spacial score (nSPS) is 21.1. The molecule has 0 saturated carbocycles. The van der Waals surface area contributed by atoms with Crippen LogP contribution in [0, 0.1) is 19.3 Å². The fourth-order valence-corrected chi connectivity index (χ4v) is 4.79. The van der Waals surface area contributed by atoms with Crippen molar-refractivity contribution >= 4 is 17.8 Å². The number of aromatic amines is 1. The van der Waals surface area contributed by atoms with Crippen molar-refractivity contribution in [1.29, 1.82) is 0 Å². The van der Waals surface area contributed by atoms with Gasteiger partial charge < -0.3 is 19.5 Å². The molecule has 2 atom stereocenters. The average Bonchev–Trinajstić information content (AvgIpc) is 3.39. The van der Waals surface area contributed by atoms with E-state index in [4.69, 9.17) is 4.74 Å². The van der Waals surface area contributed by atoms with Gasteiger partial charge in [-0.1, -0.05) is 0 Å². The van der Waals surface area contributed by atoms with Crippen LogP contribution in [0.3, 0.4) is 0 Å². The van der Waals surface area contributed by atoms with Crippen molar-refractivity contribution in [2.45, 2.75) is 32.7 Å². The molecule has 3 aromatic rings. The number of amides is 2. The minimum absolute atomic E-state index is 0.0623. The molecular weight excluding hydrogens is 505 g/mol. The van der Waals surface area contributed by atoms with Gasteiger partial charge in [0.1, 0.15) is 11.1 Å². The second kappa shape index (κ2) is 8.92. The third-order valence-corrected chi connectivity index (χ3v) is 7.03. The van der Waals surface area contributed by atoms with Crippen LogP contribution in [-0.4, -0.2) is 80.1 Å². The minimum Gasteiger partial charge on any atom is -0.434 e. The fourth-order valence-electron chi connectivity index (χ4n) is 4.79. The molecule has 3 aromatic heterocycles. The lowest BCUT2D eigenvalue weighted by Crippen LogP contribution is -2.70. The third-order valence-electron chi connectivity index (χ3n) is 7.03. The smallest absolute Gasteiger partial charge is 0.434 e. The van der Waals surface area contributed by atoms with Crippen LogP contribution in [-0.2, 0) is 14.3 Å². The van der Waals surface area contributed by atoms with E-state index in [9.17, 15) is 27.6 Å². The van der Waals surface area contributed by atoms with Crippen molar-refractivity contribution in [1.82, 2.24) is 29.7 Å². The molecular formula is C25H23F3N6O4. The zero-order valence-electron chi connectivity index (χ0n) is 20.7. The van der Waals surface area contributed by atoms with Gasteiger partial charge in [-0.25, -0.2) is 9.78 Å². The van der Waals surface area contributed by atoms with Crippen molar-refractivity contribution in [3.63, 3.8) is 0 Å². The Morgan fingerprint density at radius 2 is 1.95 bits per heavy atom. The number of aromatic nitrogens is 4. The van der Waals surface area contributed by atoms with Crippen LogP contribution in [0.15, 0.2) is 36.8 Å². The second-order valence-electron chi connectivity index (χ2n) is 9.51. The van der Waals surface area contributed by atoms with Gasteiger partial charge in [0.25, 0.3) is 5.91 Å². The predicted molar refractivity (Wildman–Crippen MR) is 126 cm³/mol. The number of carbonyl (C=O) groups excluding carboxylic acids is 3. The highest BCUT2D eigenvalue weighted by atomic mass is 19.4. The number of hydrogen-bond donors (Lipinski definition) is 1. The van der Waals surface area contributed by atoms with E-state index in [0.29, 0.717) is 22.6 Å². The predicted octanol–water partition coefficient (Wildman–Crippen LogP) is 2.89. The molecule has 5 rings (SSSR count). The van der Waals surface area contributed by atoms with Gasteiger partial charge in [0.15, 0.2) is 12.1 Å². The maximum atomic E-state index is 13.4. The molecule has 38 heavy (non-hydrogen) atoms. The number of hydrogen-bond acceptors (Lipinski definition) is 7. The summed E-state index contributed by atoms with van der Waals surface area (Å²) in [7, 11) is 1.51. The average molecular weight is 528 g/mol. The molecule has 1 spiro atoms. The SMILES string of the molecule is Cc1nc(-c2cc(-c3cncc(C(=O)N4CC5(CCN(C)C5=O)C4OC(=O)C(F)(F)F)c3)ccn2)[nH]c1C. The molecule has 2 saturated heterocycles. The van der Waals surface area contributed by atoms with Crippen LogP contribution < -0.4 is 0 Å². The van der Waals surface area contributed by atoms with E-state index in [-0.39, 0.29) is 25.1 Å². The van der Waals surface area contributed by atoms with Crippen molar-refractivity contribution in [3.8, 4) is 22.6 Å². The van der Waals surface area contributed by atoms with E-state index in [1.54, 1.807) is 18.3 Å². The van der Waals surface area contributed by atoms with Gasteiger partial charge in [0, 0.05) is 50.0 Å². The van der Waals surface area contributed by atoms with Crippen LogP contribution in [0.4, 0.5) is 13.2 Å². The summed E-state index contributed by atoms with van der Waals surface area (Å²) in [5.41, 5.74) is 2.19. The molecule has 0 aromatic carbocycles. The molecule has 2 amide bonds. The third kappa shape index (κ3) is 4.17. The van der Waals surface area contributed by atoms with Gasteiger partial charge in [-0.15, -0.1) is 0 Å². The number of pyridine rings is 2. The van der Waals surface area contributed by atoms with Crippen LogP contribution in [0.25, 0.3) is 22.6 Å². The summed E-state index contributed by atoms with van der Waals surface area (Å²) in [5.74, 6) is -3.06. The monoisotopic (exact) mass is 528 g/mol. The highest BCUT2D eigenvalue weighted by Crippen LogP contribution is 2.47. The highest BCUT2D eigenvalue weighted by molar-refractivity contribution is 5.98. The molecule has 13 heteroatoms. The van der Waals surface area contributed by atoms with Crippen molar-refractivity contribution in [3.05, 3.63) is 53.7 Å². The van der Waals surface area contributed by atoms with Crippen LogP contribution >= 0.6 is 0 Å². The molecule has 2 aliphatic rings. The van der Waals surface area contributed by atoms with Crippen molar-refractivity contribution < 1.29 is 32.3 Å². The number of carbonyl (C=O) groups is 3. The maximum Gasteiger partial charge on any atom is 0.491 e. The lowest BCUT2D eigenvalue weighted by atomic mass is 9.75. The number of alkyl halides is 3. The minimum atomic E-state index is -5.27. The summed E-state index contributed by atoms with van der Waals surface area (Å²) in [6.45, 7) is 3.86. The molecule has 10 nitrogen and oxygen atoms in total. The molecule has 0 bridgehead atoms. The van der Waals surface area contributed by atoms with E-state index >= 15 is 0 Å². The van der Waals surface area contributed by atoms with Gasteiger partial charge in [-0.3, -0.25) is 19.6 Å². The van der Waals surface area contributed by atoms with E-state index in [2.05, 4.69) is 19.9 Å². The lowest BCUT2D eigenvalue weighted by Gasteiger charge is -2.52. The first-order chi connectivity index (χ1) is 17.9. The Hall–Kier alpha value is -4.29. The number of aryl methyl sites for hydroxylation is 2. The van der Waals surface area contributed by atoms with E-state index in [1.807, 2.05) is 13.8 Å². The number of ether oxygens (including phenoxy) is 1. The maximum absolute atomic E-state index is 13.4. The molecule has 2 unspecified atom stereocenters. The summed E-state index contributed by atoms with van der Waals surface area (Å²) >= 11 is 0. The number of H-pyrrole nitrogens is 1. The molecule has 0 radical (unpaired) electrons. The molecule has 198 valence electrons. The first kappa shape index (κ1) is 25.4. The van der Waals surface area contributed by atoms with Gasteiger partial charge in [0.2, 0.25) is 5.91 Å². The lowest BCUT2D eigenvalue weighted by molar-refractivity contribution is -0.238. The van der Waals surface area contributed by atoms with Crippen LogP contribution in [0.1, 0.15) is 28.2 Å². The summed E-state index contributed by atoms with van der Waals surface area (Å²) in [6.07, 6.45) is -2.41. The summed E-state index contributed by atoms with van der Waals surface area (Å²) in [6, 6.07) is 5.02. The summed E-state index contributed by atoms with van der Waals surface area (Å²) in [5, 5.41) is 0. The largest absolute Gasteiger partial charge is 0.491 e. The Morgan fingerprint density at radius 1 is 1.18 bits per heavy atom. The number of likely N-dealkylation sites (tertiary alicyclic amines) is 2. The van der Waals surface area contributed by atoms with Crippen molar-refractivity contribution in [2.75, 3.05) is 20.1 Å². The number of halogens is 3. The number of imidazole rings is 1. The molecule has 2 aliphatic heterocycles. The zero-order chi connectivity index (χ0) is 27.4. The van der Waals surface area contributed by atoms with Crippen LogP contribution in [0.5, 0.6) is 0 Å². The fraction of sp³-hybridized carbons (Fsp3) is 0.360. The standard InChI is InChI=1S/C25H23F3N6O4/c1-13-14(2)32-19(31-13)18-9-15(4-6-30-18)16-8-17(11-29-10-16)20(35)34-12-24(5-7-33(3)21(24)36)22(34)38-23(37)25(26,27)28/h4,6,8-11,22H,5,7,12H2,1-3H3,(H,31,32). The number of nitrogens with zero attached hydrogens (tertiary/aromatic N) is 5. The molecule has 0 aliphatic carbocycles. The van der Waals surface area contributed by atoms with Gasteiger partial charge in [-0.05, 0) is 44.0 Å².